The third kappa shape index (κ3) is 104. The van der Waals surface area contributed by atoms with Crippen LogP contribution in [-0.2, 0) is 10.4 Å². The minimum Gasteiger partial charge on any atom is -0.412 e. The molecule has 0 saturated heterocycles. The number of rotatable bonds is 0. The topological polar surface area (TPSA) is 106 Å². The van der Waals surface area contributed by atoms with E-state index in [4.69, 9.17) is 17.5 Å². The van der Waals surface area contributed by atoms with E-state index in [2.05, 4.69) is 0 Å². The minimum atomic E-state index is -4.67. The Kier molecular flexibility index (Phi) is 12.6. The molecule has 0 aliphatic rings. The molecule has 0 aromatic carbocycles. The van der Waals surface area contributed by atoms with E-state index in [0.29, 0.717) is 0 Å². The van der Waals surface area contributed by atoms with E-state index in [-0.39, 0.29) is 56.9 Å². The van der Waals surface area contributed by atoms with Crippen molar-refractivity contribution >= 4 is 61.8 Å². The van der Waals surface area contributed by atoms with Gasteiger partial charge in [0.25, 0.3) is 0 Å². The molecule has 4 N–H and O–H groups in total. The van der Waals surface area contributed by atoms with Gasteiger partial charge in [-0.2, -0.15) is 8.42 Å². The van der Waals surface area contributed by atoms with E-state index in [1.165, 1.54) is 0 Å². The summed E-state index contributed by atoms with van der Waals surface area (Å²) in [4.78, 5) is 0. The summed E-state index contributed by atoms with van der Waals surface area (Å²) < 4.78 is 31.6. The summed E-state index contributed by atoms with van der Waals surface area (Å²) in [5.74, 6) is 0. The SMILES string of the molecule is O.O=S(=O)(O)O.[K]. The summed E-state index contributed by atoms with van der Waals surface area (Å²) in [6, 6.07) is 0. The van der Waals surface area contributed by atoms with Gasteiger partial charge < -0.3 is 5.48 Å². The van der Waals surface area contributed by atoms with Crippen LogP contribution in [0.4, 0.5) is 0 Å². The molecule has 1 radical (unpaired) electrons. The van der Waals surface area contributed by atoms with Crippen molar-refractivity contribution in [3.8, 4) is 0 Å². The summed E-state index contributed by atoms with van der Waals surface area (Å²) in [5.41, 5.74) is 0. The Labute approximate surface area is 83.4 Å². The van der Waals surface area contributed by atoms with Gasteiger partial charge in [-0.25, -0.2) is 0 Å². The molecular formula is H4KO5S. The van der Waals surface area contributed by atoms with Crippen LogP contribution in [0.2, 0.25) is 0 Å². The summed E-state index contributed by atoms with van der Waals surface area (Å²) >= 11 is 0. The summed E-state index contributed by atoms with van der Waals surface area (Å²) in [6.45, 7) is 0. The molecule has 7 heavy (non-hydrogen) atoms. The molecule has 0 spiro atoms. The molecule has 0 unspecified atom stereocenters. The average molecular weight is 155 g/mol. The van der Waals surface area contributed by atoms with Crippen LogP contribution in [0.3, 0.4) is 0 Å². The van der Waals surface area contributed by atoms with Gasteiger partial charge in [-0.15, -0.1) is 0 Å². The zero-order valence-corrected chi connectivity index (χ0v) is 7.56. The molecule has 0 aliphatic heterocycles. The molecule has 0 aliphatic carbocycles. The zero-order chi connectivity index (χ0) is 4.50. The smallest absolute Gasteiger partial charge is 0.394 e. The van der Waals surface area contributed by atoms with E-state index >= 15 is 0 Å². The van der Waals surface area contributed by atoms with Crippen molar-refractivity contribution in [1.82, 2.24) is 0 Å². The Morgan fingerprint density at radius 1 is 1.14 bits per heavy atom. The van der Waals surface area contributed by atoms with Gasteiger partial charge in [-0.1, -0.05) is 0 Å². The fourth-order valence-electron chi connectivity index (χ4n) is 0. The van der Waals surface area contributed by atoms with Crippen LogP contribution in [0.5, 0.6) is 0 Å². The van der Waals surface area contributed by atoms with Crippen molar-refractivity contribution in [1.29, 1.82) is 0 Å². The van der Waals surface area contributed by atoms with Crippen LogP contribution >= 0.6 is 0 Å². The van der Waals surface area contributed by atoms with E-state index < -0.39 is 10.4 Å². The molecule has 0 fully saturated rings. The van der Waals surface area contributed by atoms with Crippen LogP contribution in [0.1, 0.15) is 0 Å². The zero-order valence-electron chi connectivity index (χ0n) is 3.62. The number of hydrogen-bond acceptors (Lipinski definition) is 2. The van der Waals surface area contributed by atoms with Gasteiger partial charge in [0.05, 0.1) is 0 Å². The first-order valence-corrected chi connectivity index (χ1v) is 2.10. The Hall–Kier alpha value is 1.47. The second kappa shape index (κ2) is 5.60. The summed E-state index contributed by atoms with van der Waals surface area (Å²) in [6.07, 6.45) is 0. The normalized spacial score (nSPS) is 8.29. The Morgan fingerprint density at radius 3 is 1.14 bits per heavy atom. The molecule has 0 aromatic heterocycles. The Bertz CT molecular complexity index is 91.2. The first-order valence-electron chi connectivity index (χ1n) is 0.698. The van der Waals surface area contributed by atoms with Gasteiger partial charge in [0.15, 0.2) is 0 Å². The van der Waals surface area contributed by atoms with Gasteiger partial charge in [-0.3, -0.25) is 9.11 Å². The fourth-order valence-corrected chi connectivity index (χ4v) is 0. The molecule has 0 aromatic rings. The first kappa shape index (κ1) is 15.8. The van der Waals surface area contributed by atoms with Crippen LogP contribution in [0.25, 0.3) is 0 Å². The third-order valence-electron chi connectivity index (χ3n) is 0. The van der Waals surface area contributed by atoms with Crippen molar-refractivity contribution in [2.24, 2.45) is 0 Å². The minimum absolute atomic E-state index is 0. The molecule has 7 heteroatoms. The maximum absolute atomic E-state index is 8.74. The van der Waals surface area contributed by atoms with Crippen LogP contribution in [0, 0.1) is 0 Å². The molecule has 5 nitrogen and oxygen atoms in total. The molecule has 0 saturated carbocycles. The maximum Gasteiger partial charge on any atom is 0.394 e. The van der Waals surface area contributed by atoms with Gasteiger partial charge in [-0.05, 0) is 0 Å². The Morgan fingerprint density at radius 2 is 1.14 bits per heavy atom. The monoisotopic (exact) mass is 155 g/mol. The molecule has 0 heterocycles. The fraction of sp³-hybridized carbons (Fsp3) is 0. The van der Waals surface area contributed by atoms with E-state index in [1.54, 1.807) is 0 Å². The van der Waals surface area contributed by atoms with Gasteiger partial charge in [0, 0.05) is 51.4 Å². The molecule has 0 bridgehead atoms. The first-order chi connectivity index (χ1) is 2.00. The molecule has 41 valence electrons. The van der Waals surface area contributed by atoms with Crippen molar-refractivity contribution in [2.75, 3.05) is 0 Å². The van der Waals surface area contributed by atoms with Crippen molar-refractivity contribution in [3.63, 3.8) is 0 Å². The number of hydrogen-bond donors (Lipinski definition) is 2. The van der Waals surface area contributed by atoms with Crippen molar-refractivity contribution < 1.29 is 23.0 Å². The van der Waals surface area contributed by atoms with Crippen LogP contribution < -0.4 is 0 Å². The second-order valence-corrected chi connectivity index (χ2v) is 1.34. The van der Waals surface area contributed by atoms with Gasteiger partial charge in [0.1, 0.15) is 0 Å². The van der Waals surface area contributed by atoms with Gasteiger partial charge >= 0.3 is 10.4 Å². The molecule has 0 rings (SSSR count). The van der Waals surface area contributed by atoms with Crippen LogP contribution in [0.15, 0.2) is 0 Å². The van der Waals surface area contributed by atoms with E-state index in [0.717, 1.165) is 0 Å². The standard InChI is InChI=1S/K.H2O4S.H2O/c;1-5(2,3)4;/h;(H2,1,2,3,4);1H2. The second-order valence-electron chi connectivity index (χ2n) is 0.448. The van der Waals surface area contributed by atoms with Gasteiger partial charge in [0.2, 0.25) is 0 Å². The van der Waals surface area contributed by atoms with Crippen LogP contribution in [-0.4, -0.2) is 74.4 Å². The van der Waals surface area contributed by atoms with E-state index in [9.17, 15) is 0 Å². The van der Waals surface area contributed by atoms with Crippen molar-refractivity contribution in [3.05, 3.63) is 0 Å². The Balaban J connectivity index is -0.0000000800. The largest absolute Gasteiger partial charge is 0.412 e. The average Bonchev–Trinajstić information content (AvgIpc) is 0.722. The predicted octanol–water partition coefficient (Wildman–Crippen LogP) is -1.86. The summed E-state index contributed by atoms with van der Waals surface area (Å²) in [5, 5.41) is 0. The third-order valence-corrected chi connectivity index (χ3v) is 0. The maximum atomic E-state index is 8.74. The predicted molar refractivity (Wildman–Crippen MR) is 23.5 cm³/mol. The summed E-state index contributed by atoms with van der Waals surface area (Å²) in [7, 11) is -4.67. The molecule has 0 amide bonds. The van der Waals surface area contributed by atoms with Crippen molar-refractivity contribution in [2.45, 2.75) is 0 Å². The quantitative estimate of drug-likeness (QED) is 0.316. The molecule has 0 atom stereocenters. The van der Waals surface area contributed by atoms with E-state index in [1.807, 2.05) is 0 Å². The molecular weight excluding hydrogens is 151 g/mol.